The maximum atomic E-state index is 12.4. The van der Waals surface area contributed by atoms with Gasteiger partial charge in [-0.25, -0.2) is 13.1 Å². The van der Waals surface area contributed by atoms with Crippen LogP contribution in [0.5, 0.6) is 0 Å². The van der Waals surface area contributed by atoms with E-state index in [4.69, 9.17) is 0 Å². The van der Waals surface area contributed by atoms with Gasteiger partial charge < -0.3 is 5.11 Å². The Bertz CT molecular complexity index is 582. The molecule has 4 nitrogen and oxygen atoms in total. The molecule has 0 fully saturated rings. The van der Waals surface area contributed by atoms with Crippen LogP contribution in [0.2, 0.25) is 0 Å². The van der Waals surface area contributed by atoms with Crippen LogP contribution >= 0.6 is 15.9 Å². The van der Waals surface area contributed by atoms with Gasteiger partial charge in [-0.3, -0.25) is 0 Å². The van der Waals surface area contributed by atoms with Gasteiger partial charge in [-0.05, 0) is 42.0 Å². The fourth-order valence-electron chi connectivity index (χ4n) is 1.57. The van der Waals surface area contributed by atoms with E-state index in [-0.39, 0.29) is 16.9 Å². The number of aliphatic hydroxyl groups is 1. The fraction of sp³-hybridized carbons (Fsp3) is 0.571. The van der Waals surface area contributed by atoms with Crippen LogP contribution in [0.25, 0.3) is 0 Å². The number of rotatable bonds is 6. The summed E-state index contributed by atoms with van der Waals surface area (Å²) >= 11 is 3.33. The van der Waals surface area contributed by atoms with Gasteiger partial charge in [0.25, 0.3) is 0 Å². The van der Waals surface area contributed by atoms with Crippen molar-refractivity contribution in [3.8, 4) is 0 Å². The summed E-state index contributed by atoms with van der Waals surface area (Å²) in [7, 11) is -3.58. The Morgan fingerprint density at radius 1 is 1.35 bits per heavy atom. The number of nitrogens with one attached hydrogen (secondary N) is 1. The Kier molecular flexibility index (Phi) is 5.78. The highest BCUT2D eigenvalue weighted by Gasteiger charge is 2.23. The van der Waals surface area contributed by atoms with E-state index in [1.165, 1.54) is 6.07 Å². The van der Waals surface area contributed by atoms with Gasteiger partial charge in [-0.1, -0.05) is 36.7 Å². The van der Waals surface area contributed by atoms with E-state index in [2.05, 4.69) is 20.7 Å². The van der Waals surface area contributed by atoms with Gasteiger partial charge in [0.1, 0.15) is 0 Å². The van der Waals surface area contributed by atoms with E-state index in [1.54, 1.807) is 13.0 Å². The molecule has 0 heterocycles. The molecule has 6 heteroatoms. The Labute approximate surface area is 129 Å². The molecule has 0 saturated carbocycles. The zero-order valence-electron chi connectivity index (χ0n) is 12.3. The van der Waals surface area contributed by atoms with Crippen LogP contribution in [0.3, 0.4) is 0 Å². The first-order valence-electron chi connectivity index (χ1n) is 6.52. The first-order valence-corrected chi connectivity index (χ1v) is 8.80. The molecule has 0 spiro atoms. The minimum Gasteiger partial charge on any atom is -0.392 e. The standard InChI is InChI=1S/C14H22BrNO3S/c1-5-14(3,4)9-16-20(18,19)13-7-11(8-17)6-12(15)10(13)2/h6-7,16-17H,5,8-9H2,1-4H3. The van der Waals surface area contributed by atoms with Crippen molar-refractivity contribution in [2.75, 3.05) is 6.54 Å². The van der Waals surface area contributed by atoms with Crippen molar-refractivity contribution >= 4 is 26.0 Å². The van der Waals surface area contributed by atoms with Gasteiger partial charge in [-0.2, -0.15) is 0 Å². The second kappa shape index (κ2) is 6.56. The Balaban J connectivity index is 3.13. The average Bonchev–Trinajstić information content (AvgIpc) is 2.39. The molecular formula is C14H22BrNO3S. The Morgan fingerprint density at radius 2 is 1.95 bits per heavy atom. The summed E-state index contributed by atoms with van der Waals surface area (Å²) < 4.78 is 28.2. The molecule has 20 heavy (non-hydrogen) atoms. The fourth-order valence-corrected chi connectivity index (χ4v) is 3.77. The Hall–Kier alpha value is -0.430. The van der Waals surface area contributed by atoms with Gasteiger partial charge in [0.2, 0.25) is 10.0 Å². The molecule has 0 unspecified atom stereocenters. The molecule has 0 bridgehead atoms. The molecule has 1 rings (SSSR count). The lowest BCUT2D eigenvalue weighted by molar-refractivity contribution is 0.281. The Morgan fingerprint density at radius 3 is 2.45 bits per heavy atom. The van der Waals surface area contributed by atoms with Crippen molar-refractivity contribution in [2.45, 2.75) is 45.6 Å². The van der Waals surface area contributed by atoms with Crippen LogP contribution in [0.15, 0.2) is 21.5 Å². The number of hydrogen-bond acceptors (Lipinski definition) is 3. The highest BCUT2D eigenvalue weighted by molar-refractivity contribution is 9.10. The lowest BCUT2D eigenvalue weighted by Crippen LogP contribution is -2.34. The summed E-state index contributed by atoms with van der Waals surface area (Å²) in [5.41, 5.74) is 1.12. The lowest BCUT2D eigenvalue weighted by Gasteiger charge is -2.23. The topological polar surface area (TPSA) is 66.4 Å². The molecule has 0 aromatic heterocycles. The summed E-state index contributed by atoms with van der Waals surface area (Å²) in [6.45, 7) is 7.99. The van der Waals surface area contributed by atoms with Crippen LogP contribution in [-0.2, 0) is 16.6 Å². The largest absolute Gasteiger partial charge is 0.392 e. The molecule has 0 amide bonds. The summed E-state index contributed by atoms with van der Waals surface area (Å²) in [6.07, 6.45) is 0.884. The zero-order valence-corrected chi connectivity index (χ0v) is 14.7. The molecule has 0 atom stereocenters. The zero-order chi connectivity index (χ0) is 15.6. The number of halogens is 1. The van der Waals surface area contributed by atoms with Gasteiger partial charge in [0, 0.05) is 11.0 Å². The number of aliphatic hydroxyl groups excluding tert-OH is 1. The highest BCUT2D eigenvalue weighted by Crippen LogP contribution is 2.26. The number of hydrogen-bond donors (Lipinski definition) is 2. The first-order chi connectivity index (χ1) is 9.13. The molecule has 0 aliphatic carbocycles. The number of sulfonamides is 1. The van der Waals surface area contributed by atoms with Crippen LogP contribution in [0.1, 0.15) is 38.3 Å². The minimum absolute atomic E-state index is 0.0905. The van der Waals surface area contributed by atoms with Gasteiger partial charge >= 0.3 is 0 Å². The molecular weight excluding hydrogens is 342 g/mol. The van der Waals surface area contributed by atoms with Gasteiger partial charge in [-0.15, -0.1) is 0 Å². The van der Waals surface area contributed by atoms with Crippen molar-refractivity contribution in [3.05, 3.63) is 27.7 Å². The third kappa shape index (κ3) is 4.28. The van der Waals surface area contributed by atoms with Gasteiger partial charge in [0.15, 0.2) is 0 Å². The third-order valence-electron chi connectivity index (χ3n) is 3.53. The van der Waals surface area contributed by atoms with Crippen molar-refractivity contribution in [1.29, 1.82) is 0 Å². The summed E-state index contributed by atoms with van der Waals surface area (Å²) in [5.74, 6) is 0. The predicted molar refractivity (Wildman–Crippen MR) is 84.1 cm³/mol. The van der Waals surface area contributed by atoms with Crippen LogP contribution in [0, 0.1) is 12.3 Å². The molecule has 0 aliphatic heterocycles. The third-order valence-corrected chi connectivity index (χ3v) is 5.88. The molecule has 1 aromatic carbocycles. The van der Waals surface area contributed by atoms with E-state index in [9.17, 15) is 13.5 Å². The minimum atomic E-state index is -3.58. The maximum Gasteiger partial charge on any atom is 0.240 e. The normalized spacial score (nSPS) is 12.7. The summed E-state index contributed by atoms with van der Waals surface area (Å²) in [4.78, 5) is 0.211. The van der Waals surface area contributed by atoms with E-state index in [0.717, 1.165) is 6.42 Å². The second-order valence-electron chi connectivity index (χ2n) is 5.70. The highest BCUT2D eigenvalue weighted by atomic mass is 79.9. The van der Waals surface area contributed by atoms with Crippen molar-refractivity contribution in [1.82, 2.24) is 4.72 Å². The van der Waals surface area contributed by atoms with Crippen molar-refractivity contribution in [2.24, 2.45) is 5.41 Å². The maximum absolute atomic E-state index is 12.4. The molecule has 1 aromatic rings. The second-order valence-corrected chi connectivity index (χ2v) is 8.29. The van der Waals surface area contributed by atoms with E-state index >= 15 is 0 Å². The van der Waals surface area contributed by atoms with Crippen LogP contribution < -0.4 is 4.72 Å². The lowest BCUT2D eigenvalue weighted by atomic mass is 9.91. The smallest absolute Gasteiger partial charge is 0.240 e. The summed E-state index contributed by atoms with van der Waals surface area (Å²) in [5, 5.41) is 9.20. The molecule has 0 saturated heterocycles. The SMILES string of the molecule is CCC(C)(C)CNS(=O)(=O)c1cc(CO)cc(Br)c1C. The van der Waals surface area contributed by atoms with Crippen LogP contribution in [0.4, 0.5) is 0 Å². The molecule has 114 valence electrons. The number of benzene rings is 1. The predicted octanol–water partition coefficient (Wildman–Crippen LogP) is 2.96. The first kappa shape index (κ1) is 17.6. The van der Waals surface area contributed by atoms with Gasteiger partial charge in [0.05, 0.1) is 11.5 Å². The monoisotopic (exact) mass is 363 g/mol. The molecule has 0 aliphatic rings. The molecule has 2 N–H and O–H groups in total. The molecule has 0 radical (unpaired) electrons. The summed E-state index contributed by atoms with van der Waals surface area (Å²) in [6, 6.07) is 3.24. The van der Waals surface area contributed by atoms with Crippen molar-refractivity contribution < 1.29 is 13.5 Å². The van der Waals surface area contributed by atoms with E-state index in [0.29, 0.717) is 22.1 Å². The van der Waals surface area contributed by atoms with Crippen LogP contribution in [-0.4, -0.2) is 20.1 Å². The quantitative estimate of drug-likeness (QED) is 0.816. The van der Waals surface area contributed by atoms with E-state index in [1.807, 2.05) is 20.8 Å². The van der Waals surface area contributed by atoms with Crippen molar-refractivity contribution in [3.63, 3.8) is 0 Å². The average molecular weight is 364 g/mol. The van der Waals surface area contributed by atoms with E-state index < -0.39 is 10.0 Å².